The third-order valence-corrected chi connectivity index (χ3v) is 4.33. The lowest BCUT2D eigenvalue weighted by Gasteiger charge is -2.04. The van der Waals surface area contributed by atoms with E-state index in [1.165, 1.54) is 11.3 Å². The Balaban J connectivity index is 1.77. The Hall–Kier alpha value is -3.12. The van der Waals surface area contributed by atoms with Crippen LogP contribution in [-0.4, -0.2) is 10.1 Å². The molecule has 2 aromatic heterocycles. The molecule has 0 fully saturated rings. The first-order chi connectivity index (χ1) is 11.7. The Morgan fingerprint density at radius 2 is 1.79 bits per heavy atom. The predicted molar refractivity (Wildman–Crippen MR) is 95.0 cm³/mol. The maximum absolute atomic E-state index is 12.2. The van der Waals surface area contributed by atoms with E-state index in [2.05, 4.69) is 10.3 Å². The number of aromatic hydroxyl groups is 1. The molecule has 0 unspecified atom stereocenters. The third-order valence-electron chi connectivity index (χ3n) is 3.57. The average molecular weight is 336 g/mol. The van der Waals surface area contributed by atoms with Crippen molar-refractivity contribution in [3.8, 4) is 17.0 Å². The van der Waals surface area contributed by atoms with Gasteiger partial charge in [-0.25, -0.2) is 9.78 Å². The van der Waals surface area contributed by atoms with Crippen LogP contribution in [0.2, 0.25) is 0 Å². The van der Waals surface area contributed by atoms with Crippen molar-refractivity contribution in [2.45, 2.75) is 0 Å². The molecule has 24 heavy (non-hydrogen) atoms. The van der Waals surface area contributed by atoms with Crippen molar-refractivity contribution in [1.29, 1.82) is 0 Å². The maximum Gasteiger partial charge on any atom is 0.349 e. The molecule has 6 heteroatoms. The van der Waals surface area contributed by atoms with Gasteiger partial charge in [-0.15, -0.1) is 11.3 Å². The molecule has 2 heterocycles. The zero-order chi connectivity index (χ0) is 16.5. The van der Waals surface area contributed by atoms with Crippen molar-refractivity contribution in [3.05, 3.63) is 70.4 Å². The number of nitrogens with one attached hydrogen (secondary N) is 1. The molecule has 0 atom stereocenters. The highest BCUT2D eigenvalue weighted by molar-refractivity contribution is 7.14. The smallest absolute Gasteiger partial charge is 0.349 e. The minimum atomic E-state index is -0.609. The highest BCUT2D eigenvalue weighted by Crippen LogP contribution is 2.34. The SMILES string of the molecule is O=c1oc2ccccc2c(O)c1-c1csc(Nc2ccccc2)n1. The van der Waals surface area contributed by atoms with Gasteiger partial charge in [0.15, 0.2) is 5.13 Å². The van der Waals surface area contributed by atoms with Gasteiger partial charge in [0.2, 0.25) is 0 Å². The van der Waals surface area contributed by atoms with Crippen LogP contribution in [0.25, 0.3) is 22.2 Å². The molecule has 0 saturated carbocycles. The zero-order valence-corrected chi connectivity index (χ0v) is 13.2. The summed E-state index contributed by atoms with van der Waals surface area (Å²) in [4.78, 5) is 16.6. The lowest BCUT2D eigenvalue weighted by atomic mass is 10.1. The first-order valence-electron chi connectivity index (χ1n) is 7.25. The molecule has 0 spiro atoms. The van der Waals surface area contributed by atoms with E-state index in [0.717, 1.165) is 5.69 Å². The second-order valence-corrected chi connectivity index (χ2v) is 6.00. The molecule has 0 saturated heterocycles. The normalized spacial score (nSPS) is 10.8. The molecular weight excluding hydrogens is 324 g/mol. The number of aromatic nitrogens is 1. The second-order valence-electron chi connectivity index (χ2n) is 5.14. The number of hydrogen-bond acceptors (Lipinski definition) is 6. The third kappa shape index (κ3) is 2.53. The summed E-state index contributed by atoms with van der Waals surface area (Å²) >= 11 is 1.35. The molecule has 0 radical (unpaired) electrons. The molecule has 4 aromatic rings. The zero-order valence-electron chi connectivity index (χ0n) is 12.4. The fraction of sp³-hybridized carbons (Fsp3) is 0. The summed E-state index contributed by atoms with van der Waals surface area (Å²) in [7, 11) is 0. The van der Waals surface area contributed by atoms with Gasteiger partial charge in [0.05, 0.1) is 11.1 Å². The summed E-state index contributed by atoms with van der Waals surface area (Å²) in [6.07, 6.45) is 0. The van der Waals surface area contributed by atoms with Gasteiger partial charge < -0.3 is 14.8 Å². The molecule has 4 rings (SSSR count). The Morgan fingerprint density at radius 3 is 2.62 bits per heavy atom. The molecule has 2 aromatic carbocycles. The van der Waals surface area contributed by atoms with Crippen molar-refractivity contribution < 1.29 is 9.52 Å². The number of fused-ring (bicyclic) bond motifs is 1. The van der Waals surface area contributed by atoms with E-state index in [4.69, 9.17) is 4.42 Å². The molecule has 118 valence electrons. The van der Waals surface area contributed by atoms with Crippen LogP contribution in [0.4, 0.5) is 10.8 Å². The lowest BCUT2D eigenvalue weighted by molar-refractivity contribution is 0.471. The fourth-order valence-electron chi connectivity index (χ4n) is 2.45. The van der Waals surface area contributed by atoms with Gasteiger partial charge in [-0.3, -0.25) is 0 Å². The largest absolute Gasteiger partial charge is 0.506 e. The number of para-hydroxylation sites is 2. The van der Waals surface area contributed by atoms with E-state index in [-0.39, 0.29) is 11.3 Å². The van der Waals surface area contributed by atoms with Gasteiger partial charge in [0.1, 0.15) is 16.9 Å². The van der Waals surface area contributed by atoms with Gasteiger partial charge in [-0.1, -0.05) is 30.3 Å². The average Bonchev–Trinajstić information content (AvgIpc) is 3.04. The monoisotopic (exact) mass is 336 g/mol. The van der Waals surface area contributed by atoms with Gasteiger partial charge in [0.25, 0.3) is 0 Å². The van der Waals surface area contributed by atoms with Crippen molar-refractivity contribution in [2.24, 2.45) is 0 Å². The number of anilines is 2. The first-order valence-corrected chi connectivity index (χ1v) is 8.13. The Morgan fingerprint density at radius 1 is 1.04 bits per heavy atom. The molecule has 2 N–H and O–H groups in total. The highest BCUT2D eigenvalue weighted by atomic mass is 32.1. The number of nitrogens with zero attached hydrogens (tertiary/aromatic N) is 1. The van der Waals surface area contributed by atoms with Gasteiger partial charge in [-0.2, -0.15) is 0 Å². The maximum atomic E-state index is 12.2. The standard InChI is InChI=1S/C18H12N2O3S/c21-16-12-8-4-5-9-14(12)23-17(22)15(16)13-10-24-18(20-13)19-11-6-2-1-3-7-11/h1-10,21H,(H,19,20). The summed E-state index contributed by atoms with van der Waals surface area (Å²) in [5.74, 6) is -0.113. The summed E-state index contributed by atoms with van der Waals surface area (Å²) in [5, 5.41) is 16.5. The summed E-state index contributed by atoms with van der Waals surface area (Å²) in [5.41, 5.74) is 1.10. The van der Waals surface area contributed by atoms with E-state index in [1.807, 2.05) is 30.3 Å². The van der Waals surface area contributed by atoms with Gasteiger partial charge in [-0.05, 0) is 24.3 Å². The molecular formula is C18H12N2O3S. The van der Waals surface area contributed by atoms with Crippen LogP contribution in [0.1, 0.15) is 0 Å². The van der Waals surface area contributed by atoms with Crippen LogP contribution in [0.15, 0.2) is 69.2 Å². The van der Waals surface area contributed by atoms with Crippen LogP contribution in [0.5, 0.6) is 5.75 Å². The summed E-state index contributed by atoms with van der Waals surface area (Å²) in [6, 6.07) is 16.5. The topological polar surface area (TPSA) is 75.4 Å². The molecule has 5 nitrogen and oxygen atoms in total. The van der Waals surface area contributed by atoms with Gasteiger partial charge >= 0.3 is 5.63 Å². The summed E-state index contributed by atoms with van der Waals surface area (Å²) in [6.45, 7) is 0. The Kier molecular flexibility index (Phi) is 3.51. The highest BCUT2D eigenvalue weighted by Gasteiger charge is 2.18. The number of thiazole rings is 1. The number of benzene rings is 2. The van der Waals surface area contributed by atoms with E-state index in [1.54, 1.807) is 29.6 Å². The van der Waals surface area contributed by atoms with Crippen molar-refractivity contribution in [1.82, 2.24) is 4.98 Å². The number of hydrogen-bond donors (Lipinski definition) is 2. The second kappa shape index (κ2) is 5.82. The molecule has 0 aliphatic heterocycles. The molecule has 0 amide bonds. The van der Waals surface area contributed by atoms with Crippen molar-refractivity contribution >= 4 is 33.1 Å². The van der Waals surface area contributed by atoms with Crippen LogP contribution in [-0.2, 0) is 0 Å². The molecule has 0 aliphatic carbocycles. The van der Waals surface area contributed by atoms with E-state index >= 15 is 0 Å². The first kappa shape index (κ1) is 14.5. The van der Waals surface area contributed by atoms with Crippen LogP contribution < -0.4 is 10.9 Å². The van der Waals surface area contributed by atoms with Crippen molar-refractivity contribution in [2.75, 3.05) is 5.32 Å². The minimum Gasteiger partial charge on any atom is -0.506 e. The molecule has 0 bridgehead atoms. The Labute approximate surface area is 140 Å². The predicted octanol–water partition coefficient (Wildman–Crippen LogP) is 4.37. The van der Waals surface area contributed by atoms with E-state index < -0.39 is 5.63 Å². The van der Waals surface area contributed by atoms with Gasteiger partial charge in [0, 0.05) is 11.1 Å². The van der Waals surface area contributed by atoms with E-state index in [9.17, 15) is 9.90 Å². The number of rotatable bonds is 3. The van der Waals surface area contributed by atoms with E-state index in [0.29, 0.717) is 21.8 Å². The van der Waals surface area contributed by atoms with Crippen molar-refractivity contribution in [3.63, 3.8) is 0 Å². The summed E-state index contributed by atoms with van der Waals surface area (Å²) < 4.78 is 5.28. The van der Waals surface area contributed by atoms with Crippen LogP contribution >= 0.6 is 11.3 Å². The lowest BCUT2D eigenvalue weighted by Crippen LogP contribution is -2.03. The quantitative estimate of drug-likeness (QED) is 0.544. The minimum absolute atomic E-state index is 0.0751. The van der Waals surface area contributed by atoms with Crippen LogP contribution in [0.3, 0.4) is 0 Å². The molecule has 0 aliphatic rings. The Bertz CT molecular complexity index is 1070. The fourth-order valence-corrected chi connectivity index (χ4v) is 3.17. The van der Waals surface area contributed by atoms with Crippen LogP contribution in [0, 0.1) is 0 Å².